The van der Waals surface area contributed by atoms with Crippen LogP contribution >= 0.6 is 46.3 Å². The zero-order valence-electron chi connectivity index (χ0n) is 13.6. The molecule has 0 spiro atoms. The predicted octanol–water partition coefficient (Wildman–Crippen LogP) is 7.52. The van der Waals surface area contributed by atoms with Crippen molar-refractivity contribution in [1.29, 1.82) is 5.26 Å². The van der Waals surface area contributed by atoms with Crippen LogP contribution in [-0.2, 0) is 0 Å². The average molecular weight is 429 g/mol. The number of thiazole rings is 1. The molecule has 2 heterocycles. The van der Waals surface area contributed by atoms with E-state index in [0.29, 0.717) is 32.0 Å². The first-order chi connectivity index (χ1) is 13.1. The SMILES string of the molecule is N#CC(=Cc1ccc(-c2cccc(Cl)c2Cl)o1)Sc1nc2ccccc2s1. The van der Waals surface area contributed by atoms with Gasteiger partial charge in [-0.3, -0.25) is 0 Å². The fourth-order valence-corrected chi connectivity index (χ4v) is 4.82. The maximum atomic E-state index is 9.49. The highest BCUT2D eigenvalue weighted by atomic mass is 35.5. The van der Waals surface area contributed by atoms with Gasteiger partial charge in [0, 0.05) is 11.6 Å². The molecule has 0 bridgehead atoms. The summed E-state index contributed by atoms with van der Waals surface area (Å²) in [6.07, 6.45) is 1.69. The fourth-order valence-electron chi connectivity index (χ4n) is 2.47. The number of benzene rings is 2. The van der Waals surface area contributed by atoms with E-state index in [0.717, 1.165) is 14.6 Å². The van der Waals surface area contributed by atoms with Crippen LogP contribution in [0, 0.1) is 11.3 Å². The number of allylic oxidation sites excluding steroid dienone is 1. The third-order valence-corrected chi connectivity index (χ3v) is 6.54. The van der Waals surface area contributed by atoms with Gasteiger partial charge in [-0.2, -0.15) is 5.26 Å². The van der Waals surface area contributed by atoms with Crippen molar-refractivity contribution in [2.75, 3.05) is 0 Å². The lowest BCUT2D eigenvalue weighted by Crippen LogP contribution is -1.77. The molecule has 2 aromatic heterocycles. The predicted molar refractivity (Wildman–Crippen MR) is 113 cm³/mol. The van der Waals surface area contributed by atoms with Crippen molar-refractivity contribution in [2.24, 2.45) is 0 Å². The topological polar surface area (TPSA) is 49.8 Å². The van der Waals surface area contributed by atoms with Crippen LogP contribution in [0.4, 0.5) is 0 Å². The van der Waals surface area contributed by atoms with Gasteiger partial charge in [-0.1, -0.05) is 41.4 Å². The number of nitrogens with zero attached hydrogens (tertiary/aromatic N) is 2. The van der Waals surface area contributed by atoms with Crippen LogP contribution in [-0.4, -0.2) is 4.98 Å². The first-order valence-corrected chi connectivity index (χ1v) is 10.2. The van der Waals surface area contributed by atoms with E-state index in [-0.39, 0.29) is 0 Å². The van der Waals surface area contributed by atoms with Gasteiger partial charge >= 0.3 is 0 Å². The number of thioether (sulfide) groups is 1. The number of hydrogen-bond acceptors (Lipinski definition) is 5. The summed E-state index contributed by atoms with van der Waals surface area (Å²) in [7, 11) is 0. The molecule has 0 amide bonds. The largest absolute Gasteiger partial charge is 0.457 e. The minimum atomic E-state index is 0.438. The highest BCUT2D eigenvalue weighted by Gasteiger charge is 2.12. The molecule has 0 aliphatic rings. The molecule has 0 saturated heterocycles. The van der Waals surface area contributed by atoms with Gasteiger partial charge in [-0.05, 0) is 48.2 Å². The van der Waals surface area contributed by atoms with E-state index in [1.165, 1.54) is 11.8 Å². The Kier molecular flexibility index (Phi) is 5.24. The van der Waals surface area contributed by atoms with Crippen LogP contribution < -0.4 is 0 Å². The first kappa shape index (κ1) is 18.1. The second-order valence-electron chi connectivity index (χ2n) is 5.47. The lowest BCUT2D eigenvalue weighted by Gasteiger charge is -2.02. The molecule has 3 nitrogen and oxygen atoms in total. The molecule has 0 fully saturated rings. The fraction of sp³-hybridized carbons (Fsp3) is 0. The normalized spacial score (nSPS) is 11.7. The molecule has 2 aromatic carbocycles. The Bertz CT molecular complexity index is 1170. The van der Waals surface area contributed by atoms with Gasteiger partial charge in [-0.15, -0.1) is 11.3 Å². The summed E-state index contributed by atoms with van der Waals surface area (Å²) in [5, 5.41) is 10.4. The number of nitriles is 1. The molecular formula is C20H10Cl2N2OS2. The van der Waals surface area contributed by atoms with Crippen LogP contribution in [0.3, 0.4) is 0 Å². The van der Waals surface area contributed by atoms with E-state index in [1.54, 1.807) is 35.6 Å². The Labute approximate surface area is 173 Å². The number of hydrogen-bond donors (Lipinski definition) is 0. The number of para-hydroxylation sites is 1. The van der Waals surface area contributed by atoms with Gasteiger partial charge in [0.1, 0.15) is 17.6 Å². The first-order valence-electron chi connectivity index (χ1n) is 7.83. The Morgan fingerprint density at radius 3 is 2.78 bits per heavy atom. The summed E-state index contributed by atoms with van der Waals surface area (Å²) in [5.41, 5.74) is 1.64. The Hall–Kier alpha value is -2.23. The van der Waals surface area contributed by atoms with Crippen molar-refractivity contribution in [2.45, 2.75) is 4.34 Å². The quantitative estimate of drug-likeness (QED) is 0.249. The van der Waals surface area contributed by atoms with Crippen molar-refractivity contribution in [3.63, 3.8) is 0 Å². The highest BCUT2D eigenvalue weighted by molar-refractivity contribution is 8.05. The van der Waals surface area contributed by atoms with Gasteiger partial charge < -0.3 is 4.42 Å². The standard InChI is InChI=1S/C20H10Cl2N2OS2/c21-15-5-3-4-14(19(15)22)17-9-8-12(25-17)10-13(11-23)26-20-24-16-6-1-2-7-18(16)27-20/h1-10H. The minimum absolute atomic E-state index is 0.438. The van der Waals surface area contributed by atoms with E-state index in [2.05, 4.69) is 11.1 Å². The summed E-state index contributed by atoms with van der Waals surface area (Å²) < 4.78 is 7.74. The van der Waals surface area contributed by atoms with Crippen molar-refractivity contribution in [3.05, 3.63) is 75.3 Å². The van der Waals surface area contributed by atoms with Gasteiger partial charge in [0.15, 0.2) is 4.34 Å². The zero-order valence-corrected chi connectivity index (χ0v) is 16.8. The van der Waals surface area contributed by atoms with E-state index in [4.69, 9.17) is 27.6 Å². The van der Waals surface area contributed by atoms with Gasteiger partial charge in [0.2, 0.25) is 0 Å². The molecule has 0 aliphatic heterocycles. The van der Waals surface area contributed by atoms with E-state index in [1.807, 2.05) is 36.4 Å². The molecular weight excluding hydrogens is 419 g/mol. The molecule has 0 atom stereocenters. The lowest BCUT2D eigenvalue weighted by molar-refractivity contribution is 0.572. The van der Waals surface area contributed by atoms with Gasteiger partial charge in [0.05, 0.1) is 25.2 Å². The zero-order chi connectivity index (χ0) is 18.8. The maximum Gasteiger partial charge on any atom is 0.156 e. The van der Waals surface area contributed by atoms with Crippen LogP contribution in [0.15, 0.2) is 68.3 Å². The van der Waals surface area contributed by atoms with Crippen LogP contribution in [0.25, 0.3) is 27.6 Å². The number of halogens is 2. The maximum absolute atomic E-state index is 9.49. The van der Waals surface area contributed by atoms with Crippen molar-refractivity contribution < 1.29 is 4.42 Å². The molecule has 7 heteroatoms. The van der Waals surface area contributed by atoms with Crippen LogP contribution in [0.2, 0.25) is 10.0 Å². The Balaban J connectivity index is 1.61. The summed E-state index contributed by atoms with van der Waals surface area (Å²) in [4.78, 5) is 5.04. The highest BCUT2D eigenvalue weighted by Crippen LogP contribution is 2.37. The van der Waals surface area contributed by atoms with Crippen molar-refractivity contribution in [3.8, 4) is 17.4 Å². The summed E-state index contributed by atoms with van der Waals surface area (Å²) in [6.45, 7) is 0. The molecule has 0 aliphatic carbocycles. The summed E-state index contributed by atoms with van der Waals surface area (Å²) in [6, 6.07) is 19.1. The van der Waals surface area contributed by atoms with Crippen molar-refractivity contribution >= 4 is 62.6 Å². The lowest BCUT2D eigenvalue weighted by atomic mass is 10.2. The molecule has 0 unspecified atom stereocenters. The van der Waals surface area contributed by atoms with Crippen molar-refractivity contribution in [1.82, 2.24) is 4.98 Å². The number of rotatable bonds is 4. The molecule has 0 saturated carbocycles. The second-order valence-corrected chi connectivity index (χ2v) is 8.58. The third-order valence-electron chi connectivity index (χ3n) is 3.70. The number of fused-ring (bicyclic) bond motifs is 1. The Morgan fingerprint density at radius 2 is 1.96 bits per heavy atom. The molecule has 27 heavy (non-hydrogen) atoms. The molecule has 4 aromatic rings. The molecule has 0 N–H and O–H groups in total. The van der Waals surface area contributed by atoms with E-state index in [9.17, 15) is 5.26 Å². The van der Waals surface area contributed by atoms with Crippen LogP contribution in [0.1, 0.15) is 5.76 Å². The van der Waals surface area contributed by atoms with Gasteiger partial charge in [0.25, 0.3) is 0 Å². The summed E-state index contributed by atoms with van der Waals surface area (Å²) in [5.74, 6) is 1.15. The van der Waals surface area contributed by atoms with Crippen LogP contribution in [0.5, 0.6) is 0 Å². The van der Waals surface area contributed by atoms with E-state index < -0.39 is 0 Å². The molecule has 132 valence electrons. The summed E-state index contributed by atoms with van der Waals surface area (Å²) >= 11 is 15.2. The number of aromatic nitrogens is 1. The molecule has 4 rings (SSSR count). The number of furan rings is 1. The smallest absolute Gasteiger partial charge is 0.156 e. The van der Waals surface area contributed by atoms with Gasteiger partial charge in [-0.25, -0.2) is 4.98 Å². The molecule has 0 radical (unpaired) electrons. The second kappa shape index (κ2) is 7.79. The average Bonchev–Trinajstić information content (AvgIpc) is 3.29. The third kappa shape index (κ3) is 3.90. The monoisotopic (exact) mass is 428 g/mol. The Morgan fingerprint density at radius 1 is 1.11 bits per heavy atom. The van der Waals surface area contributed by atoms with E-state index >= 15 is 0 Å². The minimum Gasteiger partial charge on any atom is -0.457 e.